The van der Waals surface area contributed by atoms with Crippen molar-refractivity contribution in [2.45, 2.75) is 31.6 Å². The second-order valence-corrected chi connectivity index (χ2v) is 7.47. The topological polar surface area (TPSA) is 83.9 Å². The maximum Gasteiger partial charge on any atom is 0.308 e. The number of hydrogen-bond acceptors (Lipinski definition) is 4. The van der Waals surface area contributed by atoms with Gasteiger partial charge in [-0.05, 0) is 37.5 Å². The van der Waals surface area contributed by atoms with Crippen LogP contribution in [-0.4, -0.2) is 43.5 Å². The quantitative estimate of drug-likeness (QED) is 0.890. The van der Waals surface area contributed by atoms with Crippen molar-refractivity contribution in [2.24, 2.45) is 5.92 Å². The normalized spacial score (nSPS) is 23.2. The first-order valence-corrected chi connectivity index (χ1v) is 8.81. The third-order valence-electron chi connectivity index (χ3n) is 4.09. The number of piperidine rings is 1. The number of carboxylic acids is 1. The van der Waals surface area contributed by atoms with Crippen LogP contribution in [0.25, 0.3) is 0 Å². The Morgan fingerprint density at radius 1 is 1.45 bits per heavy atom. The number of methoxy groups -OCH3 is 1. The van der Waals surface area contributed by atoms with Gasteiger partial charge in [0.15, 0.2) is 0 Å². The zero-order valence-electron chi connectivity index (χ0n) is 12.7. The molecular weight excluding hydrogens is 306 g/mol. The van der Waals surface area contributed by atoms with Crippen LogP contribution in [0, 0.1) is 5.92 Å². The smallest absolute Gasteiger partial charge is 0.308 e. The van der Waals surface area contributed by atoms with Crippen molar-refractivity contribution in [2.75, 3.05) is 13.7 Å². The molecule has 1 aliphatic heterocycles. The van der Waals surface area contributed by atoms with E-state index >= 15 is 0 Å². The SMILES string of the molecule is COc1cccc(CS(=O)(=O)N2CCC[C@H](C(=O)O)[C@@H]2C)c1. The summed E-state index contributed by atoms with van der Waals surface area (Å²) < 4.78 is 31.7. The van der Waals surface area contributed by atoms with E-state index in [1.54, 1.807) is 31.2 Å². The minimum Gasteiger partial charge on any atom is -0.497 e. The fourth-order valence-corrected chi connectivity index (χ4v) is 4.72. The standard InChI is InChI=1S/C15H21NO5S/c1-11-14(15(17)18)7-4-8-16(11)22(19,20)10-12-5-3-6-13(9-12)21-2/h3,5-6,9,11,14H,4,7-8,10H2,1-2H3,(H,17,18)/t11-,14-/m0/s1. The number of nitrogens with zero attached hydrogens (tertiary/aromatic N) is 1. The van der Waals surface area contributed by atoms with Gasteiger partial charge in [0.1, 0.15) is 5.75 Å². The molecule has 1 heterocycles. The molecule has 7 heteroatoms. The number of hydrogen-bond donors (Lipinski definition) is 1. The number of sulfonamides is 1. The van der Waals surface area contributed by atoms with E-state index in [0.717, 1.165) is 0 Å². The molecule has 0 aliphatic carbocycles. The molecule has 0 aromatic heterocycles. The number of aliphatic carboxylic acids is 1. The van der Waals surface area contributed by atoms with Crippen LogP contribution in [0.4, 0.5) is 0 Å². The lowest BCUT2D eigenvalue weighted by Gasteiger charge is -2.36. The summed E-state index contributed by atoms with van der Waals surface area (Å²) in [4.78, 5) is 11.2. The van der Waals surface area contributed by atoms with Crippen LogP contribution in [0.2, 0.25) is 0 Å². The Hall–Kier alpha value is -1.60. The average molecular weight is 327 g/mol. The number of rotatable bonds is 5. The Kier molecular flexibility index (Phi) is 5.08. The van der Waals surface area contributed by atoms with Crippen molar-refractivity contribution in [3.63, 3.8) is 0 Å². The molecule has 1 N–H and O–H groups in total. The van der Waals surface area contributed by atoms with E-state index in [9.17, 15) is 18.3 Å². The highest BCUT2D eigenvalue weighted by molar-refractivity contribution is 7.88. The third-order valence-corrected chi connectivity index (χ3v) is 6.02. The van der Waals surface area contributed by atoms with Gasteiger partial charge in [0.2, 0.25) is 10.0 Å². The van der Waals surface area contributed by atoms with E-state index in [1.165, 1.54) is 11.4 Å². The molecule has 2 atom stereocenters. The predicted octanol–water partition coefficient (Wildman–Crippen LogP) is 1.71. The number of carboxylic acid groups (broad SMARTS) is 1. The van der Waals surface area contributed by atoms with Crippen molar-refractivity contribution in [1.29, 1.82) is 0 Å². The lowest BCUT2D eigenvalue weighted by Crippen LogP contribution is -2.49. The number of benzene rings is 1. The van der Waals surface area contributed by atoms with Gasteiger partial charge in [0.05, 0.1) is 18.8 Å². The fourth-order valence-electron chi connectivity index (χ4n) is 2.89. The molecule has 122 valence electrons. The van der Waals surface area contributed by atoms with Crippen LogP contribution in [0.3, 0.4) is 0 Å². The lowest BCUT2D eigenvalue weighted by atomic mass is 9.92. The molecule has 0 amide bonds. The largest absolute Gasteiger partial charge is 0.497 e. The minimum absolute atomic E-state index is 0.152. The summed E-state index contributed by atoms with van der Waals surface area (Å²) in [6.45, 7) is 2.04. The first-order chi connectivity index (χ1) is 10.3. The predicted molar refractivity (Wildman–Crippen MR) is 82.1 cm³/mol. The van der Waals surface area contributed by atoms with E-state index in [-0.39, 0.29) is 5.75 Å². The van der Waals surface area contributed by atoms with Gasteiger partial charge in [-0.15, -0.1) is 0 Å². The molecule has 6 nitrogen and oxygen atoms in total. The van der Waals surface area contributed by atoms with E-state index < -0.39 is 28.0 Å². The Morgan fingerprint density at radius 3 is 2.82 bits per heavy atom. The van der Waals surface area contributed by atoms with E-state index in [2.05, 4.69) is 0 Å². The van der Waals surface area contributed by atoms with Crippen LogP contribution < -0.4 is 4.74 Å². The first-order valence-electron chi connectivity index (χ1n) is 7.20. The second kappa shape index (κ2) is 6.66. The first kappa shape index (κ1) is 16.8. The van der Waals surface area contributed by atoms with Gasteiger partial charge in [0.25, 0.3) is 0 Å². The van der Waals surface area contributed by atoms with Gasteiger partial charge < -0.3 is 9.84 Å². The van der Waals surface area contributed by atoms with Crippen molar-refractivity contribution in [3.8, 4) is 5.75 Å². The summed E-state index contributed by atoms with van der Waals surface area (Å²) >= 11 is 0. The highest BCUT2D eigenvalue weighted by Crippen LogP contribution is 2.28. The molecule has 0 bridgehead atoms. The van der Waals surface area contributed by atoms with Crippen LogP contribution in [-0.2, 0) is 20.6 Å². The van der Waals surface area contributed by atoms with Crippen molar-refractivity contribution >= 4 is 16.0 Å². The zero-order valence-corrected chi connectivity index (χ0v) is 13.5. The molecule has 0 radical (unpaired) electrons. The van der Waals surface area contributed by atoms with Crippen LogP contribution in [0.1, 0.15) is 25.3 Å². The number of ether oxygens (including phenoxy) is 1. The van der Waals surface area contributed by atoms with Crippen LogP contribution >= 0.6 is 0 Å². The van der Waals surface area contributed by atoms with Gasteiger partial charge in [-0.25, -0.2) is 8.42 Å². The van der Waals surface area contributed by atoms with E-state index in [4.69, 9.17) is 4.74 Å². The highest BCUT2D eigenvalue weighted by atomic mass is 32.2. The van der Waals surface area contributed by atoms with E-state index in [0.29, 0.717) is 30.7 Å². The molecule has 1 aliphatic rings. The fraction of sp³-hybridized carbons (Fsp3) is 0.533. The summed E-state index contributed by atoms with van der Waals surface area (Å²) in [6.07, 6.45) is 1.08. The molecule has 0 saturated carbocycles. The van der Waals surface area contributed by atoms with Crippen LogP contribution in [0.15, 0.2) is 24.3 Å². The van der Waals surface area contributed by atoms with Gasteiger partial charge in [0, 0.05) is 12.6 Å². The van der Waals surface area contributed by atoms with Gasteiger partial charge in [-0.2, -0.15) is 4.31 Å². The second-order valence-electron chi connectivity index (χ2n) is 5.55. The van der Waals surface area contributed by atoms with Crippen molar-refractivity contribution in [1.82, 2.24) is 4.31 Å². The Labute approximate surface area is 130 Å². The van der Waals surface area contributed by atoms with Crippen molar-refractivity contribution in [3.05, 3.63) is 29.8 Å². The van der Waals surface area contributed by atoms with Gasteiger partial charge >= 0.3 is 5.97 Å². The summed E-state index contributed by atoms with van der Waals surface area (Å²) in [5.74, 6) is -1.13. The van der Waals surface area contributed by atoms with Gasteiger partial charge in [-0.3, -0.25) is 4.79 Å². The molecular formula is C15H21NO5S. The zero-order chi connectivity index (χ0) is 16.3. The highest BCUT2D eigenvalue weighted by Gasteiger charge is 2.38. The minimum atomic E-state index is -3.56. The molecule has 1 aromatic carbocycles. The molecule has 22 heavy (non-hydrogen) atoms. The molecule has 1 saturated heterocycles. The van der Waals surface area contributed by atoms with E-state index in [1.807, 2.05) is 0 Å². The number of carbonyl (C=O) groups is 1. The lowest BCUT2D eigenvalue weighted by molar-refractivity contribution is -0.144. The summed E-state index contributed by atoms with van der Waals surface area (Å²) in [5.41, 5.74) is 0.629. The average Bonchev–Trinajstić information content (AvgIpc) is 2.46. The monoisotopic (exact) mass is 327 g/mol. The maximum absolute atomic E-state index is 12.6. The molecule has 0 unspecified atom stereocenters. The summed E-state index contributed by atoms with van der Waals surface area (Å²) in [7, 11) is -2.04. The van der Waals surface area contributed by atoms with Gasteiger partial charge in [-0.1, -0.05) is 12.1 Å². The molecule has 1 aromatic rings. The third kappa shape index (κ3) is 3.59. The molecule has 0 spiro atoms. The van der Waals surface area contributed by atoms with Crippen molar-refractivity contribution < 1.29 is 23.1 Å². The summed E-state index contributed by atoms with van der Waals surface area (Å²) in [6, 6.07) is 6.37. The molecule has 1 fully saturated rings. The maximum atomic E-state index is 12.6. The van der Waals surface area contributed by atoms with Crippen LogP contribution in [0.5, 0.6) is 5.75 Å². The Morgan fingerprint density at radius 2 is 2.18 bits per heavy atom. The summed E-state index contributed by atoms with van der Waals surface area (Å²) in [5, 5.41) is 9.21. The Bertz CT molecular complexity index is 643. The Balaban J connectivity index is 2.20. The molecule has 2 rings (SSSR count).